The molecule has 0 saturated heterocycles. The molecule has 32 heavy (non-hydrogen) atoms. The molecule has 1 aliphatic heterocycles. The number of pyridine rings is 1. The summed E-state index contributed by atoms with van der Waals surface area (Å²) in [6.45, 7) is 1.44. The van der Waals surface area contributed by atoms with Crippen LogP contribution in [0.3, 0.4) is 0 Å². The number of aromatic nitrogens is 1. The summed E-state index contributed by atoms with van der Waals surface area (Å²) >= 11 is 0. The van der Waals surface area contributed by atoms with Crippen molar-refractivity contribution in [3.63, 3.8) is 0 Å². The molecule has 0 bridgehead atoms. The van der Waals surface area contributed by atoms with Gasteiger partial charge in [-0.25, -0.2) is 8.42 Å². The number of ether oxygens (including phenoxy) is 2. The summed E-state index contributed by atoms with van der Waals surface area (Å²) in [6, 6.07) is 14.5. The van der Waals surface area contributed by atoms with E-state index in [0.717, 1.165) is 12.0 Å². The summed E-state index contributed by atoms with van der Waals surface area (Å²) in [6.07, 6.45) is 4.09. The molecule has 2 heterocycles. The Morgan fingerprint density at radius 3 is 2.41 bits per heavy atom. The molecule has 0 radical (unpaired) electrons. The Morgan fingerprint density at radius 1 is 1.00 bits per heavy atom. The van der Waals surface area contributed by atoms with E-state index < -0.39 is 10.0 Å². The molecule has 1 amide bonds. The Kier molecular flexibility index (Phi) is 6.27. The number of carbonyl (C=O) groups is 1. The highest BCUT2D eigenvalue weighted by molar-refractivity contribution is 7.92. The van der Waals surface area contributed by atoms with Crippen molar-refractivity contribution in [1.29, 1.82) is 0 Å². The minimum atomic E-state index is -3.84. The molecule has 0 aliphatic carbocycles. The van der Waals surface area contributed by atoms with E-state index in [9.17, 15) is 13.2 Å². The van der Waals surface area contributed by atoms with Gasteiger partial charge in [0.1, 0.15) is 0 Å². The Bertz CT molecular complexity index is 1200. The van der Waals surface area contributed by atoms with Gasteiger partial charge in [-0.1, -0.05) is 0 Å². The van der Waals surface area contributed by atoms with Crippen molar-refractivity contribution in [2.45, 2.75) is 17.9 Å². The fraction of sp³-hybridized carbons (Fsp3) is 0.217. The number of carbonyl (C=O) groups excluding carboxylic acids is 1. The summed E-state index contributed by atoms with van der Waals surface area (Å²) in [7, 11) is -2.12. The van der Waals surface area contributed by atoms with Crippen molar-refractivity contribution in [1.82, 2.24) is 9.88 Å². The molecule has 0 fully saturated rings. The first-order valence-electron chi connectivity index (χ1n) is 10.1. The number of benzene rings is 2. The van der Waals surface area contributed by atoms with E-state index in [0.29, 0.717) is 42.5 Å². The highest BCUT2D eigenvalue weighted by atomic mass is 32.2. The molecule has 1 aromatic heterocycles. The SMILES string of the molecule is CN(Cc1ccncc1)C(=O)c1ccc(NS(=O)(=O)c2ccc3c(c2)OCCCO3)cc1. The first kappa shape index (κ1) is 21.6. The Balaban J connectivity index is 1.45. The number of sulfonamides is 1. The maximum atomic E-state index is 12.8. The van der Waals surface area contributed by atoms with Crippen molar-refractivity contribution in [3.8, 4) is 11.5 Å². The number of anilines is 1. The molecule has 0 spiro atoms. The van der Waals surface area contributed by atoms with Crippen LogP contribution in [0.15, 0.2) is 71.9 Å². The number of fused-ring (bicyclic) bond motifs is 1. The van der Waals surface area contributed by atoms with E-state index >= 15 is 0 Å². The van der Waals surface area contributed by atoms with Crippen molar-refractivity contribution in [3.05, 3.63) is 78.1 Å². The maximum absolute atomic E-state index is 12.8. The van der Waals surface area contributed by atoms with Crippen LogP contribution in [0.25, 0.3) is 0 Å². The van der Waals surface area contributed by atoms with Gasteiger partial charge in [-0.15, -0.1) is 0 Å². The van der Waals surface area contributed by atoms with Crippen LogP contribution in [-0.4, -0.2) is 44.5 Å². The zero-order chi connectivity index (χ0) is 22.6. The molecular weight excluding hydrogens is 430 g/mol. The first-order chi connectivity index (χ1) is 15.4. The number of rotatable bonds is 6. The fourth-order valence-corrected chi connectivity index (χ4v) is 4.33. The molecule has 166 valence electrons. The molecule has 1 aliphatic rings. The van der Waals surface area contributed by atoms with Crippen molar-refractivity contribution in [2.24, 2.45) is 0 Å². The minimum absolute atomic E-state index is 0.0685. The van der Waals surface area contributed by atoms with Gasteiger partial charge >= 0.3 is 0 Å². The molecule has 0 atom stereocenters. The second kappa shape index (κ2) is 9.27. The van der Waals surface area contributed by atoms with Crippen molar-refractivity contribution in [2.75, 3.05) is 25.0 Å². The van der Waals surface area contributed by atoms with Gasteiger partial charge in [-0.2, -0.15) is 0 Å². The van der Waals surface area contributed by atoms with Gasteiger partial charge in [0.25, 0.3) is 15.9 Å². The number of hydrogen-bond donors (Lipinski definition) is 1. The highest BCUT2D eigenvalue weighted by Gasteiger charge is 2.19. The number of nitrogens with one attached hydrogen (secondary N) is 1. The molecule has 0 unspecified atom stereocenters. The van der Waals surface area contributed by atoms with Crippen LogP contribution in [0.1, 0.15) is 22.3 Å². The van der Waals surface area contributed by atoms with Gasteiger partial charge in [0.05, 0.1) is 18.1 Å². The third-order valence-electron chi connectivity index (χ3n) is 4.93. The smallest absolute Gasteiger partial charge is 0.262 e. The van der Waals surface area contributed by atoms with Gasteiger partial charge in [0, 0.05) is 49.7 Å². The quantitative estimate of drug-likeness (QED) is 0.615. The lowest BCUT2D eigenvalue weighted by Crippen LogP contribution is -2.26. The van der Waals surface area contributed by atoms with Crippen molar-refractivity contribution < 1.29 is 22.7 Å². The highest BCUT2D eigenvalue weighted by Crippen LogP contribution is 2.32. The number of nitrogens with zero attached hydrogens (tertiary/aromatic N) is 2. The second-order valence-electron chi connectivity index (χ2n) is 7.36. The predicted molar refractivity (Wildman–Crippen MR) is 119 cm³/mol. The van der Waals surface area contributed by atoms with Crippen LogP contribution in [0.2, 0.25) is 0 Å². The fourth-order valence-electron chi connectivity index (χ4n) is 3.26. The van der Waals surface area contributed by atoms with Crippen molar-refractivity contribution >= 4 is 21.6 Å². The monoisotopic (exact) mass is 453 g/mol. The topological polar surface area (TPSA) is 97.8 Å². The third-order valence-corrected chi connectivity index (χ3v) is 6.31. The summed E-state index contributed by atoms with van der Waals surface area (Å²) in [5.41, 5.74) is 1.78. The van der Waals surface area contributed by atoms with E-state index in [4.69, 9.17) is 9.47 Å². The van der Waals surface area contributed by atoms with Crippen LogP contribution in [0.4, 0.5) is 5.69 Å². The van der Waals surface area contributed by atoms with E-state index in [1.165, 1.54) is 12.1 Å². The zero-order valence-electron chi connectivity index (χ0n) is 17.5. The number of amides is 1. The van der Waals surface area contributed by atoms with Crippen LogP contribution in [0.5, 0.6) is 11.5 Å². The second-order valence-corrected chi connectivity index (χ2v) is 9.04. The minimum Gasteiger partial charge on any atom is -0.490 e. The standard InChI is InChI=1S/C23H23N3O5S/c1-26(16-17-9-11-24-12-10-17)23(27)18-3-5-19(6-4-18)25-32(28,29)20-7-8-21-22(15-20)31-14-2-13-30-21/h3-12,15,25H,2,13-14,16H2,1H3. The molecule has 0 saturated carbocycles. The van der Waals surface area contributed by atoms with Crippen LogP contribution in [-0.2, 0) is 16.6 Å². The Morgan fingerprint density at radius 2 is 1.69 bits per heavy atom. The normalized spacial score (nSPS) is 13.2. The number of hydrogen-bond acceptors (Lipinski definition) is 6. The van der Waals surface area contributed by atoms with Crippen LogP contribution >= 0.6 is 0 Å². The van der Waals surface area contributed by atoms with Crippen LogP contribution in [0, 0.1) is 0 Å². The van der Waals surface area contributed by atoms with E-state index in [2.05, 4.69) is 9.71 Å². The lowest BCUT2D eigenvalue weighted by atomic mass is 10.1. The molecular formula is C23H23N3O5S. The van der Waals surface area contributed by atoms with Gasteiger partial charge < -0.3 is 14.4 Å². The molecule has 1 N–H and O–H groups in total. The molecule has 8 nitrogen and oxygen atoms in total. The van der Waals surface area contributed by atoms with Gasteiger partial charge in [-0.05, 0) is 54.1 Å². The Hall–Kier alpha value is -3.59. The lowest BCUT2D eigenvalue weighted by Gasteiger charge is -2.17. The van der Waals surface area contributed by atoms with Gasteiger partial charge in [-0.3, -0.25) is 14.5 Å². The molecule has 9 heteroatoms. The van der Waals surface area contributed by atoms with E-state index in [1.54, 1.807) is 54.7 Å². The van der Waals surface area contributed by atoms with E-state index in [-0.39, 0.29) is 10.8 Å². The van der Waals surface area contributed by atoms with Gasteiger partial charge in [0.2, 0.25) is 0 Å². The Labute approximate surface area is 186 Å². The average molecular weight is 454 g/mol. The largest absolute Gasteiger partial charge is 0.490 e. The lowest BCUT2D eigenvalue weighted by molar-refractivity contribution is 0.0785. The summed E-state index contributed by atoms with van der Waals surface area (Å²) in [5, 5.41) is 0. The third kappa shape index (κ3) is 5.00. The van der Waals surface area contributed by atoms with Crippen LogP contribution < -0.4 is 14.2 Å². The maximum Gasteiger partial charge on any atom is 0.262 e. The first-order valence-corrected chi connectivity index (χ1v) is 11.6. The zero-order valence-corrected chi connectivity index (χ0v) is 18.3. The summed E-state index contributed by atoms with van der Waals surface area (Å²) in [4.78, 5) is 18.3. The summed E-state index contributed by atoms with van der Waals surface area (Å²) in [5.74, 6) is 0.767. The molecule has 4 rings (SSSR count). The molecule has 3 aromatic rings. The molecule has 2 aromatic carbocycles. The average Bonchev–Trinajstić information content (AvgIpc) is 3.04. The predicted octanol–water partition coefficient (Wildman–Crippen LogP) is 3.32. The van der Waals surface area contributed by atoms with Gasteiger partial charge in [0.15, 0.2) is 11.5 Å². The summed E-state index contributed by atoms with van der Waals surface area (Å²) < 4.78 is 39.3. The van der Waals surface area contributed by atoms with E-state index in [1.807, 2.05) is 12.1 Å².